The average molecular weight is 362 g/mol. The van der Waals surface area contributed by atoms with Crippen LogP contribution in [0.5, 0.6) is 5.75 Å². The van der Waals surface area contributed by atoms with Gasteiger partial charge in [-0.25, -0.2) is 9.59 Å². The quantitative estimate of drug-likeness (QED) is 0.599. The van der Waals surface area contributed by atoms with Gasteiger partial charge < -0.3 is 14.8 Å². The van der Waals surface area contributed by atoms with Gasteiger partial charge in [0, 0.05) is 17.2 Å². The van der Waals surface area contributed by atoms with Crippen LogP contribution < -0.4 is 15.4 Å². The summed E-state index contributed by atoms with van der Waals surface area (Å²) >= 11 is 0. The van der Waals surface area contributed by atoms with Crippen molar-refractivity contribution in [2.24, 2.45) is 0 Å². The molecule has 0 fully saturated rings. The highest BCUT2D eigenvalue weighted by atomic mass is 16.5. The molecule has 0 radical (unpaired) electrons. The molecule has 0 aliphatic heterocycles. The van der Waals surface area contributed by atoms with Crippen LogP contribution in [0.1, 0.15) is 40.2 Å². The number of carbonyl (C=O) groups excluding carboxylic acids is 3. The molecule has 26 heavy (non-hydrogen) atoms. The van der Waals surface area contributed by atoms with Crippen LogP contribution in [0, 0.1) is 0 Å². The third kappa shape index (κ3) is 7.83. The average Bonchev–Trinajstić information content (AvgIpc) is 2.52. The van der Waals surface area contributed by atoms with E-state index < -0.39 is 29.6 Å². The summed E-state index contributed by atoms with van der Waals surface area (Å²) in [6.07, 6.45) is 1.64. The van der Waals surface area contributed by atoms with Crippen molar-refractivity contribution in [1.29, 1.82) is 0 Å². The Balaban J connectivity index is 2.59. The van der Waals surface area contributed by atoms with E-state index in [0.29, 0.717) is 17.9 Å². The normalized spacial score (nSPS) is 12.3. The minimum absolute atomic E-state index is 0.485. The molecule has 0 saturated heterocycles. The van der Waals surface area contributed by atoms with E-state index in [4.69, 9.17) is 9.47 Å². The van der Waals surface area contributed by atoms with Crippen molar-refractivity contribution >= 4 is 24.0 Å². The number of amides is 3. The summed E-state index contributed by atoms with van der Waals surface area (Å²) in [6, 6.07) is 6.58. The largest absolute Gasteiger partial charge is 0.493 e. The molecule has 0 bridgehead atoms. The van der Waals surface area contributed by atoms with Crippen LogP contribution in [0.25, 0.3) is 6.08 Å². The molecule has 1 rings (SSSR count). The number of carbonyl (C=O) groups is 3. The number of hydrogen-bond donors (Lipinski definition) is 2. The molecule has 7 nitrogen and oxygen atoms in total. The lowest BCUT2D eigenvalue weighted by Crippen LogP contribution is -2.50. The molecule has 0 aliphatic rings. The first-order valence-electron chi connectivity index (χ1n) is 8.36. The van der Waals surface area contributed by atoms with Gasteiger partial charge in [-0.15, -0.1) is 0 Å². The highest BCUT2D eigenvalue weighted by Crippen LogP contribution is 2.19. The summed E-state index contributed by atoms with van der Waals surface area (Å²) in [5.74, 6) is -0.762. The highest BCUT2D eigenvalue weighted by molar-refractivity contribution is 5.98. The van der Waals surface area contributed by atoms with Gasteiger partial charge >= 0.3 is 12.0 Å². The van der Waals surface area contributed by atoms with Gasteiger partial charge in [0.25, 0.3) is 5.91 Å². The van der Waals surface area contributed by atoms with E-state index >= 15 is 0 Å². The fourth-order valence-corrected chi connectivity index (χ4v) is 1.92. The van der Waals surface area contributed by atoms with Gasteiger partial charge in [-0.2, -0.15) is 0 Å². The van der Waals surface area contributed by atoms with Crippen molar-refractivity contribution in [3.8, 4) is 5.75 Å². The second kappa shape index (κ2) is 9.60. The first kappa shape index (κ1) is 21.2. The molecule has 0 saturated carbocycles. The minimum Gasteiger partial charge on any atom is -0.493 e. The maximum absolute atomic E-state index is 11.9. The summed E-state index contributed by atoms with van der Waals surface area (Å²) in [4.78, 5) is 35.4. The Morgan fingerprint density at radius 1 is 1.19 bits per heavy atom. The highest BCUT2D eigenvalue weighted by Gasteiger charge is 2.21. The maximum Gasteiger partial charge on any atom is 0.331 e. The van der Waals surface area contributed by atoms with Gasteiger partial charge in [0.15, 0.2) is 6.10 Å². The molecular weight excluding hydrogens is 336 g/mol. The van der Waals surface area contributed by atoms with E-state index in [9.17, 15) is 14.4 Å². The Labute approximate surface area is 153 Å². The maximum atomic E-state index is 11.9. The van der Waals surface area contributed by atoms with E-state index in [2.05, 4.69) is 10.6 Å². The molecule has 0 heterocycles. The zero-order valence-corrected chi connectivity index (χ0v) is 15.8. The predicted octanol–water partition coefficient (Wildman–Crippen LogP) is 2.65. The van der Waals surface area contributed by atoms with Crippen molar-refractivity contribution in [3.05, 3.63) is 35.9 Å². The molecule has 3 amide bonds. The zero-order chi connectivity index (χ0) is 19.7. The third-order valence-electron chi connectivity index (χ3n) is 3.01. The summed E-state index contributed by atoms with van der Waals surface area (Å²) in [5.41, 5.74) is 0.231. The van der Waals surface area contributed by atoms with Crippen LogP contribution in [0.3, 0.4) is 0 Å². The van der Waals surface area contributed by atoms with E-state index in [1.807, 2.05) is 19.1 Å². The van der Waals surface area contributed by atoms with Crippen LogP contribution in [-0.2, 0) is 14.3 Å². The van der Waals surface area contributed by atoms with Crippen molar-refractivity contribution in [2.45, 2.75) is 46.3 Å². The SMILES string of the molecule is CCOc1ccccc1/C=C/C(=O)OC(C)C(=O)NC(=O)NC(C)(C)C. The Hall–Kier alpha value is -2.83. The molecule has 7 heteroatoms. The molecule has 1 unspecified atom stereocenters. The van der Waals surface area contributed by atoms with Gasteiger partial charge in [-0.3, -0.25) is 10.1 Å². The van der Waals surface area contributed by atoms with Gasteiger partial charge in [-0.05, 0) is 46.8 Å². The van der Waals surface area contributed by atoms with Crippen molar-refractivity contribution in [3.63, 3.8) is 0 Å². The Bertz CT molecular complexity index is 677. The van der Waals surface area contributed by atoms with Crippen molar-refractivity contribution < 1.29 is 23.9 Å². The number of para-hydroxylation sites is 1. The lowest BCUT2D eigenvalue weighted by atomic mass is 10.1. The number of benzene rings is 1. The van der Waals surface area contributed by atoms with Crippen LogP contribution in [0.4, 0.5) is 4.79 Å². The van der Waals surface area contributed by atoms with Crippen molar-refractivity contribution in [1.82, 2.24) is 10.6 Å². The van der Waals surface area contributed by atoms with E-state index in [1.54, 1.807) is 39.0 Å². The van der Waals surface area contributed by atoms with Crippen LogP contribution >= 0.6 is 0 Å². The molecule has 0 aromatic heterocycles. The zero-order valence-electron chi connectivity index (χ0n) is 15.8. The van der Waals surface area contributed by atoms with Crippen LogP contribution in [0.15, 0.2) is 30.3 Å². The van der Waals surface area contributed by atoms with E-state index in [-0.39, 0.29) is 0 Å². The number of hydrogen-bond acceptors (Lipinski definition) is 5. The van der Waals surface area contributed by atoms with Gasteiger partial charge in [-0.1, -0.05) is 18.2 Å². The predicted molar refractivity (Wildman–Crippen MR) is 98.6 cm³/mol. The monoisotopic (exact) mass is 362 g/mol. The number of ether oxygens (including phenoxy) is 2. The van der Waals surface area contributed by atoms with E-state index in [0.717, 1.165) is 0 Å². The van der Waals surface area contributed by atoms with Gasteiger partial charge in [0.05, 0.1) is 6.61 Å². The van der Waals surface area contributed by atoms with Gasteiger partial charge in [0.1, 0.15) is 5.75 Å². The smallest absolute Gasteiger partial charge is 0.331 e. The molecule has 1 aromatic rings. The minimum atomic E-state index is -1.11. The second-order valence-corrected chi connectivity index (χ2v) is 6.58. The lowest BCUT2D eigenvalue weighted by molar-refractivity contribution is -0.149. The van der Waals surface area contributed by atoms with E-state index in [1.165, 1.54) is 13.0 Å². The lowest BCUT2D eigenvalue weighted by Gasteiger charge is -2.21. The number of esters is 1. The Morgan fingerprint density at radius 2 is 1.85 bits per heavy atom. The molecule has 1 aromatic carbocycles. The molecule has 0 spiro atoms. The first-order valence-corrected chi connectivity index (χ1v) is 8.36. The second-order valence-electron chi connectivity index (χ2n) is 6.58. The summed E-state index contributed by atoms with van der Waals surface area (Å²) < 4.78 is 10.5. The third-order valence-corrected chi connectivity index (χ3v) is 3.01. The first-order chi connectivity index (χ1) is 12.1. The molecule has 1 atom stereocenters. The van der Waals surface area contributed by atoms with Crippen LogP contribution in [0.2, 0.25) is 0 Å². The standard InChI is InChI=1S/C19H26N2O5/c1-6-25-15-10-8-7-9-14(15)11-12-16(22)26-13(2)17(23)20-18(24)21-19(3,4)5/h7-13H,6H2,1-5H3,(H2,20,21,23,24)/b12-11+. The van der Waals surface area contributed by atoms with Crippen LogP contribution in [-0.4, -0.2) is 36.2 Å². The fourth-order valence-electron chi connectivity index (χ4n) is 1.92. The fraction of sp³-hybridized carbons (Fsp3) is 0.421. The summed E-state index contributed by atoms with van der Waals surface area (Å²) in [7, 11) is 0. The van der Waals surface area contributed by atoms with Gasteiger partial charge in [0.2, 0.25) is 0 Å². The Kier molecular flexibility index (Phi) is 7.83. The molecule has 142 valence electrons. The number of rotatable bonds is 6. The summed E-state index contributed by atoms with van der Waals surface area (Å²) in [5, 5.41) is 4.71. The number of nitrogens with one attached hydrogen (secondary N) is 2. The summed E-state index contributed by atoms with van der Waals surface area (Å²) in [6.45, 7) is 9.11. The molecular formula is C19H26N2O5. The Morgan fingerprint density at radius 3 is 2.46 bits per heavy atom. The number of imide groups is 1. The molecule has 2 N–H and O–H groups in total. The van der Waals surface area contributed by atoms with Crippen molar-refractivity contribution in [2.75, 3.05) is 6.61 Å². The molecule has 0 aliphatic carbocycles. The topological polar surface area (TPSA) is 93.7 Å². The number of urea groups is 1.